The molecule has 0 N–H and O–H groups in total. The molecule has 0 aliphatic heterocycles. The molecule has 0 saturated heterocycles. The molecule has 88 valence electrons. The van der Waals surface area contributed by atoms with E-state index in [1.165, 1.54) is 51.4 Å². The fourth-order valence-electron chi connectivity index (χ4n) is 1.68. The highest BCUT2D eigenvalue weighted by atomic mass is 14.0. The van der Waals surface area contributed by atoms with E-state index >= 15 is 0 Å². The Balaban J connectivity index is 3.87. The Morgan fingerprint density at radius 3 is 2.27 bits per heavy atom. The van der Waals surface area contributed by atoms with Crippen molar-refractivity contribution in [1.82, 2.24) is 0 Å². The molecule has 0 aliphatic rings. The molecule has 15 heavy (non-hydrogen) atoms. The first-order valence-corrected chi connectivity index (χ1v) is 6.64. The Morgan fingerprint density at radius 1 is 0.933 bits per heavy atom. The molecule has 0 aromatic rings. The van der Waals surface area contributed by atoms with Crippen molar-refractivity contribution in [2.75, 3.05) is 0 Å². The van der Waals surface area contributed by atoms with Crippen LogP contribution >= 0.6 is 0 Å². The van der Waals surface area contributed by atoms with Crippen molar-refractivity contribution in [2.45, 2.75) is 72.1 Å². The Morgan fingerprint density at radius 2 is 1.67 bits per heavy atom. The van der Waals surface area contributed by atoms with Crippen LogP contribution in [-0.4, -0.2) is 0 Å². The number of hydrogen-bond donors (Lipinski definition) is 0. The third kappa shape index (κ3) is 9.78. The zero-order chi connectivity index (χ0) is 11.4. The molecule has 0 heteroatoms. The number of rotatable bonds is 9. The average molecular weight is 208 g/mol. The van der Waals surface area contributed by atoms with Crippen LogP contribution in [0.25, 0.3) is 0 Å². The lowest BCUT2D eigenvalue weighted by atomic mass is 10.0. The lowest BCUT2D eigenvalue weighted by molar-refractivity contribution is 0.738. The number of allylic oxidation sites excluding steroid dienone is 4. The van der Waals surface area contributed by atoms with Gasteiger partial charge in [-0.1, -0.05) is 56.9 Å². The largest absolute Gasteiger partial charge is 0.0917 e. The first-order valence-electron chi connectivity index (χ1n) is 6.64. The second-order valence-electron chi connectivity index (χ2n) is 4.22. The molecule has 0 saturated carbocycles. The molecular formula is C15H28. The quantitative estimate of drug-likeness (QED) is 0.339. The van der Waals surface area contributed by atoms with E-state index in [0.29, 0.717) is 0 Å². The Hall–Kier alpha value is -0.520. The van der Waals surface area contributed by atoms with Crippen molar-refractivity contribution in [3.8, 4) is 0 Å². The van der Waals surface area contributed by atoms with Gasteiger partial charge in [0.15, 0.2) is 0 Å². The Bertz CT molecular complexity index is 174. The van der Waals surface area contributed by atoms with Crippen LogP contribution in [0.5, 0.6) is 0 Å². The first kappa shape index (κ1) is 14.5. The molecule has 0 bridgehead atoms. The van der Waals surface area contributed by atoms with Gasteiger partial charge in [0.2, 0.25) is 0 Å². The third-order valence-corrected chi connectivity index (χ3v) is 2.71. The standard InChI is InChI=1S/C15H28/c1-4-7-10-13-15(12-9-6-3)14-11-8-5-2/h4,7,14H,5-6,8-13H2,1-3H3/b7-4-,15-14+. The highest BCUT2D eigenvalue weighted by Gasteiger charge is 1.95. The molecule has 0 nitrogen and oxygen atoms in total. The van der Waals surface area contributed by atoms with Crippen LogP contribution in [0, 0.1) is 0 Å². The monoisotopic (exact) mass is 208 g/mol. The van der Waals surface area contributed by atoms with Crippen molar-refractivity contribution >= 4 is 0 Å². The van der Waals surface area contributed by atoms with Crippen LogP contribution in [-0.2, 0) is 0 Å². The van der Waals surface area contributed by atoms with Crippen LogP contribution in [0.3, 0.4) is 0 Å². The van der Waals surface area contributed by atoms with Gasteiger partial charge in [-0.2, -0.15) is 0 Å². The summed E-state index contributed by atoms with van der Waals surface area (Å²) in [6, 6.07) is 0. The normalized spacial score (nSPS) is 12.6. The molecule has 0 spiro atoms. The molecular weight excluding hydrogens is 180 g/mol. The summed E-state index contributed by atoms with van der Waals surface area (Å²) in [7, 11) is 0. The summed E-state index contributed by atoms with van der Waals surface area (Å²) >= 11 is 0. The minimum atomic E-state index is 1.22. The van der Waals surface area contributed by atoms with Gasteiger partial charge >= 0.3 is 0 Å². The van der Waals surface area contributed by atoms with Gasteiger partial charge in [-0.25, -0.2) is 0 Å². The highest BCUT2D eigenvalue weighted by Crippen LogP contribution is 2.15. The van der Waals surface area contributed by atoms with E-state index in [2.05, 4.69) is 39.0 Å². The molecule has 0 atom stereocenters. The minimum absolute atomic E-state index is 1.22. The van der Waals surface area contributed by atoms with Gasteiger partial charge in [0.1, 0.15) is 0 Å². The van der Waals surface area contributed by atoms with Crippen LogP contribution < -0.4 is 0 Å². The SMILES string of the molecule is C/C=C\CC/C(=C/CCCC)CCCC. The van der Waals surface area contributed by atoms with Gasteiger partial charge in [0, 0.05) is 0 Å². The maximum Gasteiger partial charge on any atom is -0.0286 e. The molecule has 0 unspecified atom stereocenters. The molecule has 0 aliphatic carbocycles. The van der Waals surface area contributed by atoms with E-state index in [4.69, 9.17) is 0 Å². The zero-order valence-corrected chi connectivity index (χ0v) is 10.9. The summed E-state index contributed by atoms with van der Waals surface area (Å²) in [4.78, 5) is 0. The molecule has 0 aromatic heterocycles. The molecule has 0 aromatic carbocycles. The topological polar surface area (TPSA) is 0 Å². The minimum Gasteiger partial charge on any atom is -0.0917 e. The van der Waals surface area contributed by atoms with Crippen molar-refractivity contribution in [3.63, 3.8) is 0 Å². The van der Waals surface area contributed by atoms with E-state index in [0.717, 1.165) is 0 Å². The van der Waals surface area contributed by atoms with Gasteiger partial charge in [-0.15, -0.1) is 0 Å². The summed E-state index contributed by atoms with van der Waals surface area (Å²) in [5.41, 5.74) is 1.68. The number of hydrogen-bond acceptors (Lipinski definition) is 0. The van der Waals surface area contributed by atoms with Crippen LogP contribution in [0.1, 0.15) is 72.1 Å². The van der Waals surface area contributed by atoms with Crippen molar-refractivity contribution in [1.29, 1.82) is 0 Å². The maximum atomic E-state index is 2.49. The zero-order valence-electron chi connectivity index (χ0n) is 10.9. The summed E-state index contributed by atoms with van der Waals surface area (Å²) in [6.07, 6.45) is 17.3. The molecule has 0 heterocycles. The maximum absolute atomic E-state index is 2.49. The fourth-order valence-corrected chi connectivity index (χ4v) is 1.68. The average Bonchev–Trinajstić information content (AvgIpc) is 2.25. The van der Waals surface area contributed by atoms with E-state index in [-0.39, 0.29) is 0 Å². The van der Waals surface area contributed by atoms with Crippen LogP contribution in [0.15, 0.2) is 23.8 Å². The smallest absolute Gasteiger partial charge is 0.0286 e. The Kier molecular flexibility index (Phi) is 11.2. The van der Waals surface area contributed by atoms with Gasteiger partial charge in [-0.3, -0.25) is 0 Å². The molecule has 0 radical (unpaired) electrons. The lowest BCUT2D eigenvalue weighted by Gasteiger charge is -2.05. The fraction of sp³-hybridized carbons (Fsp3) is 0.733. The van der Waals surface area contributed by atoms with E-state index in [1.807, 2.05) is 0 Å². The molecule has 0 amide bonds. The highest BCUT2D eigenvalue weighted by molar-refractivity contribution is 5.03. The lowest BCUT2D eigenvalue weighted by Crippen LogP contribution is -1.85. The molecule has 0 rings (SSSR count). The van der Waals surface area contributed by atoms with Gasteiger partial charge < -0.3 is 0 Å². The molecule has 0 fully saturated rings. The van der Waals surface area contributed by atoms with Gasteiger partial charge in [0.25, 0.3) is 0 Å². The number of unbranched alkanes of at least 4 members (excludes halogenated alkanes) is 3. The summed E-state index contributed by atoms with van der Waals surface area (Å²) in [5.74, 6) is 0. The summed E-state index contributed by atoms with van der Waals surface area (Å²) in [6.45, 7) is 6.64. The first-order chi connectivity index (χ1) is 7.35. The van der Waals surface area contributed by atoms with Crippen molar-refractivity contribution in [2.24, 2.45) is 0 Å². The van der Waals surface area contributed by atoms with E-state index in [1.54, 1.807) is 5.57 Å². The van der Waals surface area contributed by atoms with Crippen LogP contribution in [0.4, 0.5) is 0 Å². The predicted octanol–water partition coefficient (Wildman–Crippen LogP) is 5.65. The summed E-state index contributed by atoms with van der Waals surface area (Å²) < 4.78 is 0. The Labute approximate surface area is 96.5 Å². The second-order valence-corrected chi connectivity index (χ2v) is 4.22. The van der Waals surface area contributed by atoms with Crippen molar-refractivity contribution in [3.05, 3.63) is 23.8 Å². The van der Waals surface area contributed by atoms with Crippen molar-refractivity contribution < 1.29 is 0 Å². The van der Waals surface area contributed by atoms with Gasteiger partial charge in [-0.05, 0) is 39.0 Å². The third-order valence-electron chi connectivity index (χ3n) is 2.71. The van der Waals surface area contributed by atoms with E-state index < -0.39 is 0 Å². The summed E-state index contributed by atoms with van der Waals surface area (Å²) in [5, 5.41) is 0. The van der Waals surface area contributed by atoms with E-state index in [9.17, 15) is 0 Å². The van der Waals surface area contributed by atoms with Gasteiger partial charge in [0.05, 0.1) is 0 Å². The predicted molar refractivity (Wildman–Crippen MR) is 71.2 cm³/mol. The van der Waals surface area contributed by atoms with Crippen LogP contribution in [0.2, 0.25) is 0 Å². The second kappa shape index (κ2) is 11.6.